The number of nitriles is 1. The highest BCUT2D eigenvalue weighted by Gasteiger charge is 2.03. The minimum atomic E-state index is 0.424. The predicted octanol–water partition coefficient (Wildman–Crippen LogP) is 3.18. The van der Waals surface area contributed by atoms with Gasteiger partial charge in [0.1, 0.15) is 5.75 Å². The highest BCUT2D eigenvalue weighted by molar-refractivity contribution is 5.27. The molecule has 0 aliphatic heterocycles. The molecule has 1 atom stereocenters. The number of ether oxygens (including phenoxy) is 1. The maximum atomic E-state index is 8.56. The summed E-state index contributed by atoms with van der Waals surface area (Å²) in [6.45, 7) is 4.77. The fraction of sp³-hybridized carbons (Fsp3) is 0.462. The van der Waals surface area contributed by atoms with Crippen LogP contribution in [0, 0.1) is 17.2 Å². The van der Waals surface area contributed by atoms with Gasteiger partial charge in [-0.25, -0.2) is 0 Å². The van der Waals surface area contributed by atoms with Gasteiger partial charge < -0.3 is 4.74 Å². The number of rotatable bonds is 5. The first-order valence-electron chi connectivity index (χ1n) is 5.35. The fourth-order valence-electron chi connectivity index (χ4n) is 1.52. The lowest BCUT2D eigenvalue weighted by atomic mass is 9.99. The Morgan fingerprint density at radius 1 is 1.33 bits per heavy atom. The summed E-state index contributed by atoms with van der Waals surface area (Å²) in [5, 5.41) is 8.56. The molecular formula is C13H17NO. The van der Waals surface area contributed by atoms with E-state index in [1.54, 1.807) is 0 Å². The molecule has 1 unspecified atom stereocenters. The van der Waals surface area contributed by atoms with Gasteiger partial charge in [0, 0.05) is 6.42 Å². The van der Waals surface area contributed by atoms with Gasteiger partial charge in [-0.3, -0.25) is 0 Å². The number of hydrogen-bond acceptors (Lipinski definition) is 2. The molecule has 0 aliphatic rings. The molecule has 2 heteroatoms. The van der Waals surface area contributed by atoms with Crippen LogP contribution in [0.5, 0.6) is 5.75 Å². The average Bonchev–Trinajstić information content (AvgIpc) is 2.22. The predicted molar refractivity (Wildman–Crippen MR) is 60.7 cm³/mol. The molecule has 0 aliphatic carbocycles. The highest BCUT2D eigenvalue weighted by Crippen LogP contribution is 2.16. The van der Waals surface area contributed by atoms with Crippen LogP contribution in [-0.4, -0.2) is 6.61 Å². The molecule has 0 aromatic heterocycles. The molecule has 0 spiro atoms. The van der Waals surface area contributed by atoms with Gasteiger partial charge >= 0.3 is 0 Å². The van der Waals surface area contributed by atoms with Gasteiger partial charge in [-0.05, 0) is 37.0 Å². The first kappa shape index (κ1) is 11.6. The Morgan fingerprint density at radius 2 is 2.00 bits per heavy atom. The first-order chi connectivity index (χ1) is 7.26. The van der Waals surface area contributed by atoms with Crippen LogP contribution in [0.15, 0.2) is 24.3 Å². The fourth-order valence-corrected chi connectivity index (χ4v) is 1.52. The van der Waals surface area contributed by atoms with E-state index in [1.165, 1.54) is 5.56 Å². The van der Waals surface area contributed by atoms with Crippen molar-refractivity contribution >= 4 is 0 Å². The standard InChI is InChI=1S/C13H17NO/c1-3-15-13-6-4-12(5-7-13)10-11(2)8-9-14/h4-7,11H,3,8,10H2,1-2H3. The van der Waals surface area contributed by atoms with Crippen molar-refractivity contribution in [3.63, 3.8) is 0 Å². The largest absolute Gasteiger partial charge is 0.494 e. The van der Waals surface area contributed by atoms with Crippen molar-refractivity contribution in [3.05, 3.63) is 29.8 Å². The lowest BCUT2D eigenvalue weighted by Gasteiger charge is -2.08. The van der Waals surface area contributed by atoms with Crippen LogP contribution in [-0.2, 0) is 6.42 Å². The molecule has 0 radical (unpaired) electrons. The van der Waals surface area contributed by atoms with Crippen LogP contribution in [0.2, 0.25) is 0 Å². The highest BCUT2D eigenvalue weighted by atomic mass is 16.5. The minimum absolute atomic E-state index is 0.424. The zero-order chi connectivity index (χ0) is 11.1. The summed E-state index contributed by atoms with van der Waals surface area (Å²) in [4.78, 5) is 0. The number of benzene rings is 1. The molecule has 0 heterocycles. The van der Waals surface area contributed by atoms with Crippen molar-refractivity contribution in [2.45, 2.75) is 26.7 Å². The van der Waals surface area contributed by atoms with E-state index in [9.17, 15) is 0 Å². The second-order valence-corrected chi connectivity index (χ2v) is 3.75. The summed E-state index contributed by atoms with van der Waals surface area (Å²) in [7, 11) is 0. The van der Waals surface area contributed by atoms with E-state index in [4.69, 9.17) is 10.00 Å². The van der Waals surface area contributed by atoms with Crippen LogP contribution in [0.1, 0.15) is 25.8 Å². The normalized spacial score (nSPS) is 11.8. The van der Waals surface area contributed by atoms with Gasteiger partial charge in [0.25, 0.3) is 0 Å². The van der Waals surface area contributed by atoms with Crippen LogP contribution in [0.4, 0.5) is 0 Å². The zero-order valence-electron chi connectivity index (χ0n) is 9.36. The molecule has 1 rings (SSSR count). The SMILES string of the molecule is CCOc1ccc(CC(C)CC#N)cc1. The number of hydrogen-bond donors (Lipinski definition) is 0. The van der Waals surface area contributed by atoms with Gasteiger partial charge in [-0.2, -0.15) is 5.26 Å². The van der Waals surface area contributed by atoms with Crippen molar-refractivity contribution in [2.75, 3.05) is 6.61 Å². The summed E-state index contributed by atoms with van der Waals surface area (Å²) in [6.07, 6.45) is 1.58. The summed E-state index contributed by atoms with van der Waals surface area (Å²) >= 11 is 0. The molecule has 0 saturated heterocycles. The van der Waals surface area contributed by atoms with Crippen LogP contribution < -0.4 is 4.74 Å². The van der Waals surface area contributed by atoms with Gasteiger partial charge in [-0.1, -0.05) is 19.1 Å². The van der Waals surface area contributed by atoms with Crippen LogP contribution in [0.25, 0.3) is 0 Å². The van der Waals surface area contributed by atoms with E-state index in [2.05, 4.69) is 25.1 Å². The van der Waals surface area contributed by atoms with Crippen molar-refractivity contribution < 1.29 is 4.74 Å². The maximum Gasteiger partial charge on any atom is 0.119 e. The Hall–Kier alpha value is -1.49. The lowest BCUT2D eigenvalue weighted by molar-refractivity contribution is 0.340. The molecule has 1 aromatic rings. The van der Waals surface area contributed by atoms with Crippen LogP contribution >= 0.6 is 0 Å². The number of nitrogens with zero attached hydrogens (tertiary/aromatic N) is 1. The molecule has 15 heavy (non-hydrogen) atoms. The Balaban J connectivity index is 2.53. The monoisotopic (exact) mass is 203 g/mol. The average molecular weight is 203 g/mol. The Kier molecular flexibility index (Phi) is 4.70. The summed E-state index contributed by atoms with van der Waals surface area (Å²) in [6, 6.07) is 10.3. The van der Waals surface area contributed by atoms with Crippen molar-refractivity contribution in [1.29, 1.82) is 5.26 Å². The van der Waals surface area contributed by atoms with E-state index in [0.717, 1.165) is 12.2 Å². The Morgan fingerprint density at radius 3 is 2.53 bits per heavy atom. The molecule has 0 saturated carbocycles. The van der Waals surface area contributed by atoms with E-state index in [-0.39, 0.29) is 0 Å². The molecule has 80 valence electrons. The minimum Gasteiger partial charge on any atom is -0.494 e. The summed E-state index contributed by atoms with van der Waals surface area (Å²) in [5.41, 5.74) is 1.27. The lowest BCUT2D eigenvalue weighted by Crippen LogP contribution is -1.98. The third-order valence-electron chi connectivity index (χ3n) is 2.26. The van der Waals surface area contributed by atoms with Gasteiger partial charge in [0.15, 0.2) is 0 Å². The van der Waals surface area contributed by atoms with E-state index in [1.807, 2.05) is 19.1 Å². The third kappa shape index (κ3) is 4.03. The van der Waals surface area contributed by atoms with Crippen molar-refractivity contribution in [2.24, 2.45) is 5.92 Å². The van der Waals surface area contributed by atoms with Gasteiger partial charge in [0.05, 0.1) is 12.7 Å². The van der Waals surface area contributed by atoms with E-state index < -0.39 is 0 Å². The van der Waals surface area contributed by atoms with Crippen molar-refractivity contribution in [3.8, 4) is 11.8 Å². The molecule has 0 fully saturated rings. The van der Waals surface area contributed by atoms with Gasteiger partial charge in [0.2, 0.25) is 0 Å². The third-order valence-corrected chi connectivity index (χ3v) is 2.26. The van der Waals surface area contributed by atoms with Crippen molar-refractivity contribution in [1.82, 2.24) is 0 Å². The molecule has 0 bridgehead atoms. The van der Waals surface area contributed by atoms with Crippen LogP contribution in [0.3, 0.4) is 0 Å². The Labute approximate surface area is 91.5 Å². The molecule has 0 N–H and O–H groups in total. The van der Waals surface area contributed by atoms with Gasteiger partial charge in [-0.15, -0.1) is 0 Å². The van der Waals surface area contributed by atoms with E-state index >= 15 is 0 Å². The Bertz CT molecular complexity index is 323. The molecular weight excluding hydrogens is 186 g/mol. The summed E-state index contributed by atoms with van der Waals surface area (Å²) < 4.78 is 5.36. The second-order valence-electron chi connectivity index (χ2n) is 3.75. The quantitative estimate of drug-likeness (QED) is 0.736. The molecule has 2 nitrogen and oxygen atoms in total. The topological polar surface area (TPSA) is 33.0 Å². The zero-order valence-corrected chi connectivity index (χ0v) is 9.36. The van der Waals surface area contributed by atoms with E-state index in [0.29, 0.717) is 18.9 Å². The molecule has 1 aromatic carbocycles. The summed E-state index contributed by atoms with van der Waals surface area (Å²) in [5.74, 6) is 1.34. The molecule has 0 amide bonds. The smallest absolute Gasteiger partial charge is 0.119 e. The second kappa shape index (κ2) is 6.08. The first-order valence-corrected chi connectivity index (χ1v) is 5.35. The maximum absolute atomic E-state index is 8.56.